The maximum atomic E-state index is 11.5. The Morgan fingerprint density at radius 2 is 2.33 bits per heavy atom. The quantitative estimate of drug-likeness (QED) is 0.239. The van der Waals surface area contributed by atoms with Crippen molar-refractivity contribution in [2.75, 3.05) is 19.1 Å². The van der Waals surface area contributed by atoms with Gasteiger partial charge in [-0.25, -0.2) is 4.79 Å². The summed E-state index contributed by atoms with van der Waals surface area (Å²) in [4.78, 5) is 22.9. The molecule has 0 unspecified atom stereocenters. The van der Waals surface area contributed by atoms with Crippen molar-refractivity contribution in [3.8, 4) is 0 Å². The number of hydrogen-bond acceptors (Lipinski definition) is 4. The second kappa shape index (κ2) is 5.56. The van der Waals surface area contributed by atoms with Crippen LogP contribution in [-0.4, -0.2) is 30.8 Å². The Morgan fingerprint density at radius 3 is 2.80 bits per heavy atom. The van der Waals surface area contributed by atoms with E-state index in [1.807, 2.05) is 0 Å². The van der Waals surface area contributed by atoms with Gasteiger partial charge in [-0.2, -0.15) is 0 Å². The van der Waals surface area contributed by atoms with Gasteiger partial charge in [0.25, 0.3) is 0 Å². The van der Waals surface area contributed by atoms with E-state index in [2.05, 4.69) is 0 Å². The van der Waals surface area contributed by atoms with Crippen LogP contribution in [0.2, 0.25) is 0 Å². The lowest BCUT2D eigenvalue weighted by Crippen LogP contribution is -2.19. The van der Waals surface area contributed by atoms with E-state index < -0.39 is 11.8 Å². The van der Waals surface area contributed by atoms with Gasteiger partial charge in [-0.05, 0) is 19.1 Å². The van der Waals surface area contributed by atoms with E-state index in [0.717, 1.165) is 0 Å². The lowest BCUT2D eigenvalue weighted by molar-refractivity contribution is -0.140. The molecule has 5 heteroatoms. The Kier molecular flexibility index (Phi) is 4.37. The predicted molar refractivity (Wildman–Crippen MR) is 54.5 cm³/mol. The summed E-state index contributed by atoms with van der Waals surface area (Å²) in [6.45, 7) is 2.22. The first-order valence-electron chi connectivity index (χ1n) is 4.50. The molecule has 1 heterocycles. The van der Waals surface area contributed by atoms with Crippen molar-refractivity contribution < 1.29 is 19.1 Å². The largest absolute Gasteiger partial charge is 0.488 e. The van der Waals surface area contributed by atoms with Crippen molar-refractivity contribution in [3.05, 3.63) is 23.5 Å². The first-order chi connectivity index (χ1) is 7.20. The maximum Gasteiger partial charge on any atom is 0.345 e. The molecule has 0 amide bonds. The molecule has 0 aromatic rings. The van der Waals surface area contributed by atoms with Gasteiger partial charge in [-0.3, -0.25) is 4.79 Å². The number of carbonyl (C=O) groups excluding carboxylic acids is 2. The Bertz CT molecular complexity index is 330. The van der Waals surface area contributed by atoms with E-state index in [9.17, 15) is 9.59 Å². The Morgan fingerprint density at radius 1 is 1.60 bits per heavy atom. The van der Waals surface area contributed by atoms with Crippen LogP contribution in [0.3, 0.4) is 0 Å². The normalized spacial score (nSPS) is 17.2. The lowest BCUT2D eigenvalue weighted by atomic mass is 10.1. The van der Waals surface area contributed by atoms with Crippen LogP contribution in [0.1, 0.15) is 6.92 Å². The molecule has 0 fully saturated rings. The molecule has 4 nitrogen and oxygen atoms in total. The molecule has 0 aliphatic carbocycles. The molecule has 0 bridgehead atoms. The van der Waals surface area contributed by atoms with E-state index in [1.54, 1.807) is 19.1 Å². The number of halogens is 1. The Labute approximate surface area is 92.5 Å². The number of ketones is 1. The molecule has 0 atom stereocenters. The van der Waals surface area contributed by atoms with Gasteiger partial charge in [0.05, 0.1) is 12.5 Å². The van der Waals surface area contributed by atoms with Gasteiger partial charge in [0.1, 0.15) is 17.9 Å². The summed E-state index contributed by atoms with van der Waals surface area (Å²) < 4.78 is 9.84. The predicted octanol–water partition coefficient (Wildman–Crippen LogP) is 1.20. The molecular formula is C10H11ClO4. The van der Waals surface area contributed by atoms with Crippen LogP contribution < -0.4 is 0 Å². The minimum atomic E-state index is -0.690. The molecule has 0 saturated carbocycles. The van der Waals surface area contributed by atoms with Gasteiger partial charge in [0.2, 0.25) is 0 Å². The molecular weight excluding hydrogens is 220 g/mol. The zero-order valence-corrected chi connectivity index (χ0v) is 9.04. The molecule has 0 aromatic heterocycles. The van der Waals surface area contributed by atoms with E-state index in [4.69, 9.17) is 21.1 Å². The number of rotatable bonds is 4. The monoisotopic (exact) mass is 230 g/mol. The van der Waals surface area contributed by atoms with E-state index in [-0.39, 0.29) is 23.8 Å². The standard InChI is InChI=1S/C10H11ClO4/c1-2-14-10(13)9(7(12)6-11)8-4-3-5-15-8/h3-4H,2,5-6H2,1H3. The highest BCUT2D eigenvalue weighted by molar-refractivity contribution is 6.34. The van der Waals surface area contributed by atoms with Crippen LogP contribution in [0.5, 0.6) is 0 Å². The molecule has 0 aromatic carbocycles. The fourth-order valence-corrected chi connectivity index (χ4v) is 1.25. The van der Waals surface area contributed by atoms with Gasteiger partial charge >= 0.3 is 5.97 Å². The highest BCUT2D eigenvalue weighted by Gasteiger charge is 2.24. The van der Waals surface area contributed by atoms with E-state index in [0.29, 0.717) is 6.61 Å². The first-order valence-corrected chi connectivity index (χ1v) is 5.04. The summed E-state index contributed by atoms with van der Waals surface area (Å²) in [7, 11) is 0. The minimum Gasteiger partial charge on any atom is -0.488 e. The topological polar surface area (TPSA) is 52.6 Å². The third-order valence-electron chi connectivity index (χ3n) is 1.73. The number of Topliss-reactive ketones (excluding diaryl/α,β-unsaturated/α-hetero) is 1. The molecule has 0 radical (unpaired) electrons. The summed E-state index contributed by atoms with van der Waals surface area (Å²) >= 11 is 5.40. The third-order valence-corrected chi connectivity index (χ3v) is 1.97. The molecule has 1 aliphatic rings. The summed E-state index contributed by atoms with van der Waals surface area (Å²) in [6.07, 6.45) is 3.27. The second-order valence-electron chi connectivity index (χ2n) is 2.73. The van der Waals surface area contributed by atoms with Gasteiger partial charge in [0, 0.05) is 0 Å². The van der Waals surface area contributed by atoms with Crippen molar-refractivity contribution in [3.63, 3.8) is 0 Å². The summed E-state index contributed by atoms with van der Waals surface area (Å²) in [5.74, 6) is -1.21. The minimum absolute atomic E-state index is 0.111. The van der Waals surface area contributed by atoms with Crippen molar-refractivity contribution >= 4 is 23.4 Å². The van der Waals surface area contributed by atoms with Crippen molar-refractivity contribution in [1.82, 2.24) is 0 Å². The number of esters is 1. The number of allylic oxidation sites excluding steroid dienone is 1. The maximum absolute atomic E-state index is 11.5. The van der Waals surface area contributed by atoms with Crippen LogP contribution in [0, 0.1) is 0 Å². The van der Waals surface area contributed by atoms with Crippen LogP contribution >= 0.6 is 11.6 Å². The van der Waals surface area contributed by atoms with E-state index >= 15 is 0 Å². The SMILES string of the molecule is CCOC(=O)C(C(=O)CCl)=C1C=CCO1. The number of alkyl halides is 1. The Hall–Kier alpha value is -1.29. The summed E-state index contributed by atoms with van der Waals surface area (Å²) in [5.41, 5.74) is -0.111. The molecule has 1 aliphatic heterocycles. The molecule has 1 rings (SSSR count). The van der Waals surface area contributed by atoms with Gasteiger partial charge < -0.3 is 9.47 Å². The summed E-state index contributed by atoms with van der Waals surface area (Å²) in [6, 6.07) is 0. The molecule has 0 spiro atoms. The van der Waals surface area contributed by atoms with Crippen LogP contribution in [0.4, 0.5) is 0 Å². The highest BCUT2D eigenvalue weighted by Crippen LogP contribution is 2.16. The van der Waals surface area contributed by atoms with Crippen LogP contribution in [0.25, 0.3) is 0 Å². The average molecular weight is 231 g/mol. The number of carbonyl (C=O) groups is 2. The van der Waals surface area contributed by atoms with Crippen LogP contribution in [-0.2, 0) is 19.1 Å². The third kappa shape index (κ3) is 2.83. The molecule has 15 heavy (non-hydrogen) atoms. The highest BCUT2D eigenvalue weighted by atomic mass is 35.5. The van der Waals surface area contributed by atoms with Crippen molar-refractivity contribution in [2.45, 2.75) is 6.92 Å². The van der Waals surface area contributed by atoms with Crippen LogP contribution in [0.15, 0.2) is 23.5 Å². The second-order valence-corrected chi connectivity index (χ2v) is 3.00. The van der Waals surface area contributed by atoms with Crippen molar-refractivity contribution in [2.24, 2.45) is 0 Å². The fourth-order valence-electron chi connectivity index (χ4n) is 1.12. The fraction of sp³-hybridized carbons (Fsp3) is 0.400. The molecule has 0 saturated heterocycles. The lowest BCUT2D eigenvalue weighted by Gasteiger charge is -2.07. The molecule has 0 N–H and O–H groups in total. The average Bonchev–Trinajstić information content (AvgIpc) is 2.71. The van der Waals surface area contributed by atoms with E-state index in [1.165, 1.54) is 0 Å². The van der Waals surface area contributed by atoms with Gasteiger partial charge in [-0.1, -0.05) is 0 Å². The zero-order valence-electron chi connectivity index (χ0n) is 8.29. The number of hydrogen-bond donors (Lipinski definition) is 0. The number of ether oxygens (including phenoxy) is 2. The van der Waals surface area contributed by atoms with Gasteiger partial charge in [0.15, 0.2) is 5.78 Å². The van der Waals surface area contributed by atoms with Gasteiger partial charge in [-0.15, -0.1) is 11.6 Å². The summed E-state index contributed by atoms with van der Waals surface area (Å²) in [5, 5.41) is 0. The Balaban J connectivity index is 2.97. The van der Waals surface area contributed by atoms with Crippen molar-refractivity contribution in [1.29, 1.82) is 0 Å². The first kappa shape index (κ1) is 11.8. The molecule has 82 valence electrons. The zero-order chi connectivity index (χ0) is 11.3. The smallest absolute Gasteiger partial charge is 0.345 e.